The zero-order valence-electron chi connectivity index (χ0n) is 30.1. The maximum atomic E-state index is 14.7. The Labute approximate surface area is 300 Å². The number of rotatable bonds is 14. The van der Waals surface area contributed by atoms with Crippen LogP contribution in [0.3, 0.4) is 0 Å². The molecule has 0 aliphatic heterocycles. The van der Waals surface area contributed by atoms with E-state index in [9.17, 15) is 9.50 Å². The molecule has 0 fully saturated rings. The topological polar surface area (TPSA) is 107 Å². The van der Waals surface area contributed by atoms with Gasteiger partial charge in [0, 0.05) is 23.6 Å². The Morgan fingerprint density at radius 1 is 0.922 bits per heavy atom. The first-order valence-corrected chi connectivity index (χ1v) is 19.5. The van der Waals surface area contributed by atoms with Crippen molar-refractivity contribution < 1.29 is 18.7 Å². The normalized spacial score (nSPS) is 12.8. The molecule has 0 unspecified atom stereocenters. The number of ether oxygens (including phenoxy) is 1. The second-order valence-corrected chi connectivity index (χ2v) is 18.4. The Kier molecular flexibility index (Phi) is 10.8. The van der Waals surface area contributed by atoms with Gasteiger partial charge in [0.05, 0.1) is 25.8 Å². The van der Waals surface area contributed by atoms with Crippen LogP contribution in [0.1, 0.15) is 58.1 Å². The third kappa shape index (κ3) is 7.21. The molecule has 4 N–H and O–H groups in total. The maximum absolute atomic E-state index is 14.7. The van der Waals surface area contributed by atoms with Gasteiger partial charge in [-0.05, 0) is 64.1 Å². The number of hydrogen-bond acceptors (Lipinski definition) is 7. The zero-order chi connectivity index (χ0) is 36.2. The van der Waals surface area contributed by atoms with Crippen LogP contribution in [-0.4, -0.2) is 47.7 Å². The lowest BCUT2D eigenvalue weighted by molar-refractivity contribution is 0.281. The lowest BCUT2D eigenvalue weighted by Gasteiger charge is -2.43. The molecule has 10 heteroatoms. The molecule has 2 heterocycles. The fraction of sp³-hybridized carbons (Fsp3) is 0.317. The van der Waals surface area contributed by atoms with Crippen molar-refractivity contribution in [3.63, 3.8) is 0 Å². The number of anilines is 2. The Bertz CT molecular complexity index is 2060. The van der Waals surface area contributed by atoms with Gasteiger partial charge in [0.25, 0.3) is 8.32 Å². The monoisotopic (exact) mass is 705 g/mol. The Hall–Kier alpha value is -4.77. The summed E-state index contributed by atoms with van der Waals surface area (Å²) in [7, 11) is -1.10. The van der Waals surface area contributed by atoms with Crippen LogP contribution >= 0.6 is 0 Å². The minimum atomic E-state index is -2.72. The third-order valence-electron chi connectivity index (χ3n) is 9.71. The fourth-order valence-corrected chi connectivity index (χ4v) is 12.0. The number of nitrogens with zero attached hydrogens (tertiary/aromatic N) is 3. The van der Waals surface area contributed by atoms with Gasteiger partial charge in [0.15, 0.2) is 5.82 Å². The number of nitrogens with two attached hydrogens (primary N) is 1. The molecule has 266 valence electrons. The number of nitrogens with one attached hydrogen (secondary N) is 1. The first-order valence-electron chi connectivity index (χ1n) is 17.6. The number of aliphatic hydroxyl groups is 1. The second-order valence-electron chi connectivity index (χ2n) is 14.1. The number of hydrogen-bond donors (Lipinski definition) is 3. The number of benzene rings is 4. The van der Waals surface area contributed by atoms with Crippen LogP contribution in [0.4, 0.5) is 16.2 Å². The van der Waals surface area contributed by atoms with Crippen molar-refractivity contribution in [2.24, 2.45) is 0 Å². The molecule has 0 spiro atoms. The first-order chi connectivity index (χ1) is 24.6. The van der Waals surface area contributed by atoms with E-state index in [1.54, 1.807) is 13.2 Å². The van der Waals surface area contributed by atoms with Gasteiger partial charge in [-0.1, -0.05) is 101 Å². The largest absolute Gasteiger partial charge is 0.496 e. The summed E-state index contributed by atoms with van der Waals surface area (Å²) < 4.78 is 29.8. The van der Waals surface area contributed by atoms with E-state index >= 15 is 0 Å². The standard InChI is InChI=1S/C41H48FN5O3Si/c1-6-13-31(22-23-50-51(41(2,3)4,32-14-9-7-10-15-32)33-16-11-8-12-17-33)44-39-38-37(45-40(43)46-39)34-25-30(42)19-20-35(34)47(38)26-29-24-28(27-48)18-21-36(29)49-5/h7-12,14-21,24-25,31,48H,6,13,22-23,26-27H2,1-5H3,(H3,43,44,45,46)/t31-/m0/s1. The van der Waals surface area contributed by atoms with Crippen molar-refractivity contribution in [1.82, 2.24) is 14.5 Å². The molecule has 8 nitrogen and oxygen atoms in total. The van der Waals surface area contributed by atoms with Crippen molar-refractivity contribution in [2.45, 2.75) is 71.2 Å². The van der Waals surface area contributed by atoms with Crippen LogP contribution in [-0.2, 0) is 17.6 Å². The highest BCUT2D eigenvalue weighted by Crippen LogP contribution is 2.38. The molecule has 6 aromatic rings. The van der Waals surface area contributed by atoms with E-state index in [2.05, 4.69) is 103 Å². The van der Waals surface area contributed by atoms with Gasteiger partial charge >= 0.3 is 0 Å². The summed E-state index contributed by atoms with van der Waals surface area (Å²) in [5.41, 5.74) is 10.0. The van der Waals surface area contributed by atoms with Gasteiger partial charge in [0.2, 0.25) is 5.95 Å². The minimum absolute atomic E-state index is 0.00108. The van der Waals surface area contributed by atoms with E-state index in [1.807, 2.05) is 18.2 Å². The number of halogens is 1. The first kappa shape index (κ1) is 36.0. The number of aromatic nitrogens is 3. The van der Waals surface area contributed by atoms with Crippen molar-refractivity contribution in [2.75, 3.05) is 24.8 Å². The molecular weight excluding hydrogens is 658 g/mol. The molecule has 0 saturated carbocycles. The van der Waals surface area contributed by atoms with Gasteiger partial charge in [-0.15, -0.1) is 0 Å². The van der Waals surface area contributed by atoms with Crippen LogP contribution in [0, 0.1) is 5.82 Å². The fourth-order valence-electron chi connectivity index (χ4n) is 7.40. The minimum Gasteiger partial charge on any atom is -0.496 e. The van der Waals surface area contributed by atoms with Crippen molar-refractivity contribution in [3.8, 4) is 5.75 Å². The van der Waals surface area contributed by atoms with E-state index in [0.29, 0.717) is 35.6 Å². The highest BCUT2D eigenvalue weighted by atomic mass is 28.4. The smallest absolute Gasteiger partial charge is 0.261 e. The van der Waals surface area contributed by atoms with Crippen molar-refractivity contribution >= 4 is 52.4 Å². The van der Waals surface area contributed by atoms with Gasteiger partial charge in [-0.25, -0.2) is 9.37 Å². The zero-order valence-corrected chi connectivity index (χ0v) is 31.1. The molecule has 0 bridgehead atoms. The van der Waals surface area contributed by atoms with Crippen molar-refractivity contribution in [1.29, 1.82) is 0 Å². The second kappa shape index (κ2) is 15.2. The third-order valence-corrected chi connectivity index (χ3v) is 14.8. The lowest BCUT2D eigenvalue weighted by Crippen LogP contribution is -2.66. The summed E-state index contributed by atoms with van der Waals surface area (Å²) in [5, 5.41) is 16.6. The van der Waals surface area contributed by atoms with Crippen LogP contribution in [0.15, 0.2) is 97.1 Å². The summed E-state index contributed by atoms with van der Waals surface area (Å²) in [4.78, 5) is 9.38. The van der Waals surface area contributed by atoms with E-state index < -0.39 is 8.32 Å². The average Bonchev–Trinajstić information content (AvgIpc) is 3.42. The number of aliphatic hydroxyl groups excluding tert-OH is 1. The van der Waals surface area contributed by atoms with E-state index in [4.69, 9.17) is 19.9 Å². The summed E-state index contributed by atoms with van der Waals surface area (Å²) in [5.74, 6) is 0.999. The number of methoxy groups -OCH3 is 1. The molecule has 0 aliphatic carbocycles. The molecular formula is C41H48FN5O3Si. The summed E-state index contributed by atoms with van der Waals surface area (Å²) in [6, 6.07) is 31.7. The Morgan fingerprint density at radius 2 is 1.61 bits per heavy atom. The molecule has 2 aromatic heterocycles. The van der Waals surface area contributed by atoms with Gasteiger partial charge in [-0.2, -0.15) is 4.98 Å². The average molecular weight is 706 g/mol. The predicted molar refractivity (Wildman–Crippen MR) is 208 cm³/mol. The van der Waals surface area contributed by atoms with E-state index in [0.717, 1.165) is 41.4 Å². The van der Waals surface area contributed by atoms with Crippen molar-refractivity contribution in [3.05, 3.63) is 114 Å². The number of fused-ring (bicyclic) bond motifs is 3. The summed E-state index contributed by atoms with van der Waals surface area (Å²) in [6.07, 6.45) is 2.54. The molecule has 0 aliphatic rings. The van der Waals surface area contributed by atoms with E-state index in [-0.39, 0.29) is 29.5 Å². The summed E-state index contributed by atoms with van der Waals surface area (Å²) >= 11 is 0. The quantitative estimate of drug-likeness (QED) is 0.101. The van der Waals surface area contributed by atoms with Crippen LogP contribution in [0.2, 0.25) is 5.04 Å². The molecule has 0 radical (unpaired) electrons. The highest BCUT2D eigenvalue weighted by Gasteiger charge is 2.50. The van der Waals surface area contributed by atoms with Gasteiger partial charge in [0.1, 0.15) is 22.6 Å². The summed E-state index contributed by atoms with van der Waals surface area (Å²) in [6.45, 7) is 9.84. The van der Waals surface area contributed by atoms with E-state index in [1.165, 1.54) is 22.5 Å². The molecule has 1 atom stereocenters. The van der Waals surface area contributed by atoms with Gasteiger partial charge in [-0.3, -0.25) is 0 Å². The molecule has 0 amide bonds. The number of nitrogen functional groups attached to an aromatic ring is 1. The molecule has 0 saturated heterocycles. The molecule has 51 heavy (non-hydrogen) atoms. The molecule has 4 aromatic carbocycles. The Morgan fingerprint density at radius 3 is 2.22 bits per heavy atom. The lowest BCUT2D eigenvalue weighted by atomic mass is 10.1. The van der Waals surface area contributed by atoms with Gasteiger partial charge < -0.3 is 29.9 Å². The highest BCUT2D eigenvalue weighted by molar-refractivity contribution is 6.99. The van der Waals surface area contributed by atoms with Crippen LogP contribution in [0.25, 0.3) is 21.9 Å². The SMILES string of the molecule is CCC[C@@H](CCO[Si](c1ccccc1)(c1ccccc1)C(C)(C)C)Nc1nc(N)nc2c3cc(F)ccc3n(Cc3cc(CO)ccc3OC)c12. The predicted octanol–water partition coefficient (Wildman–Crippen LogP) is 7.40. The van der Waals surface area contributed by atoms with Crippen LogP contribution in [0.5, 0.6) is 5.75 Å². The maximum Gasteiger partial charge on any atom is 0.261 e. The Balaban J connectivity index is 1.39. The van der Waals surface area contributed by atoms with Crippen LogP contribution < -0.4 is 26.2 Å². The molecule has 6 rings (SSSR count).